The van der Waals surface area contributed by atoms with Crippen molar-refractivity contribution in [2.75, 3.05) is 7.11 Å². The summed E-state index contributed by atoms with van der Waals surface area (Å²) in [6, 6.07) is 0. The van der Waals surface area contributed by atoms with Crippen molar-refractivity contribution >= 4 is 6.09 Å². The Bertz CT molecular complexity index is 62.1. The molecule has 0 aromatic carbocycles. The highest BCUT2D eigenvalue weighted by molar-refractivity contribution is 5.64. The Balaban J connectivity index is 0. The molecule has 0 unspecified atom stereocenters. The fourth-order valence-corrected chi connectivity index (χ4v) is 0. The first-order valence-corrected chi connectivity index (χ1v) is 3.02. The summed E-state index contributed by atoms with van der Waals surface area (Å²) in [5, 5.41) is 0. The van der Waals surface area contributed by atoms with Gasteiger partial charge in [0.05, 0.1) is 7.11 Å². The summed E-state index contributed by atoms with van der Waals surface area (Å²) < 4.78 is 3.89. The molecule has 1 amide bonds. The third-order valence-electron chi connectivity index (χ3n) is 0.701. The van der Waals surface area contributed by atoms with Crippen molar-refractivity contribution in [1.82, 2.24) is 0 Å². The number of hydrogen-bond acceptors (Lipinski definition) is 2. The molecule has 9 heavy (non-hydrogen) atoms. The topological polar surface area (TPSA) is 52.3 Å². The van der Waals surface area contributed by atoms with E-state index in [-0.39, 0.29) is 0 Å². The molecule has 56 valence electrons. The summed E-state index contributed by atoms with van der Waals surface area (Å²) in [5.74, 6) is 0. The standard InChI is InChI=1S/C4H10.C2H5NO2/c1-3-4-2;1-5-2(3)4/h3-4H2,1-2H3;1H3,(H2,3,4). The van der Waals surface area contributed by atoms with E-state index in [0.29, 0.717) is 0 Å². The fourth-order valence-electron chi connectivity index (χ4n) is 0. The molecule has 0 atom stereocenters. The Kier molecular flexibility index (Phi) is 12.7. The van der Waals surface area contributed by atoms with Crippen LogP contribution in [0.4, 0.5) is 4.79 Å². The van der Waals surface area contributed by atoms with Crippen molar-refractivity contribution in [2.45, 2.75) is 26.7 Å². The van der Waals surface area contributed by atoms with Gasteiger partial charge in [0.1, 0.15) is 0 Å². The maximum atomic E-state index is 9.37. The molecular formula is C6H15NO2. The van der Waals surface area contributed by atoms with Crippen LogP contribution in [0.3, 0.4) is 0 Å². The summed E-state index contributed by atoms with van der Waals surface area (Å²) in [7, 11) is 1.22. The van der Waals surface area contributed by atoms with E-state index >= 15 is 0 Å². The van der Waals surface area contributed by atoms with Gasteiger partial charge in [0.2, 0.25) is 0 Å². The van der Waals surface area contributed by atoms with Crippen LogP contribution in [-0.4, -0.2) is 13.2 Å². The number of carbonyl (C=O) groups excluding carboxylic acids is 1. The highest BCUT2D eigenvalue weighted by Crippen LogP contribution is 1.76. The number of nitrogens with two attached hydrogens (primary N) is 1. The van der Waals surface area contributed by atoms with Gasteiger partial charge in [0.15, 0.2) is 0 Å². The van der Waals surface area contributed by atoms with E-state index in [1.54, 1.807) is 0 Å². The molecule has 0 aromatic heterocycles. The van der Waals surface area contributed by atoms with Crippen LogP contribution in [0, 0.1) is 0 Å². The van der Waals surface area contributed by atoms with Gasteiger partial charge in [-0.05, 0) is 0 Å². The Morgan fingerprint density at radius 2 is 1.67 bits per heavy atom. The van der Waals surface area contributed by atoms with E-state index in [9.17, 15) is 4.79 Å². The number of unbranched alkanes of at least 4 members (excludes halogenated alkanes) is 1. The normalized spacial score (nSPS) is 7.00. The molecule has 3 heteroatoms. The van der Waals surface area contributed by atoms with Crippen molar-refractivity contribution in [1.29, 1.82) is 0 Å². The second-order valence-electron chi connectivity index (χ2n) is 1.52. The number of hydrogen-bond donors (Lipinski definition) is 1. The van der Waals surface area contributed by atoms with Gasteiger partial charge in [-0.1, -0.05) is 26.7 Å². The molecule has 0 aliphatic carbocycles. The monoisotopic (exact) mass is 133 g/mol. The van der Waals surface area contributed by atoms with Gasteiger partial charge in [-0.25, -0.2) is 4.79 Å². The van der Waals surface area contributed by atoms with Gasteiger partial charge in [0.25, 0.3) is 0 Å². The number of ether oxygens (including phenoxy) is 1. The first-order valence-electron chi connectivity index (χ1n) is 3.02. The maximum absolute atomic E-state index is 9.37. The average molecular weight is 133 g/mol. The van der Waals surface area contributed by atoms with E-state index in [1.807, 2.05) is 0 Å². The van der Waals surface area contributed by atoms with Crippen LogP contribution in [0.5, 0.6) is 0 Å². The van der Waals surface area contributed by atoms with Crippen molar-refractivity contribution in [3.63, 3.8) is 0 Å². The summed E-state index contributed by atoms with van der Waals surface area (Å²) >= 11 is 0. The van der Waals surface area contributed by atoms with Crippen LogP contribution in [-0.2, 0) is 4.74 Å². The fraction of sp³-hybridized carbons (Fsp3) is 0.833. The predicted octanol–water partition coefficient (Wildman–Crippen LogP) is 1.52. The van der Waals surface area contributed by atoms with E-state index in [2.05, 4.69) is 24.3 Å². The summed E-state index contributed by atoms with van der Waals surface area (Å²) in [6.45, 7) is 4.36. The number of rotatable bonds is 1. The second-order valence-corrected chi connectivity index (χ2v) is 1.52. The van der Waals surface area contributed by atoms with Crippen LogP contribution in [0.15, 0.2) is 0 Å². The zero-order valence-corrected chi connectivity index (χ0v) is 6.31. The molecule has 0 rings (SSSR count). The lowest BCUT2D eigenvalue weighted by Crippen LogP contribution is -2.08. The molecule has 0 aliphatic rings. The van der Waals surface area contributed by atoms with Crippen molar-refractivity contribution in [3.05, 3.63) is 0 Å². The van der Waals surface area contributed by atoms with Gasteiger partial charge in [-0.2, -0.15) is 0 Å². The zero-order chi connectivity index (χ0) is 7.70. The van der Waals surface area contributed by atoms with Crippen molar-refractivity contribution in [2.24, 2.45) is 5.73 Å². The van der Waals surface area contributed by atoms with E-state index < -0.39 is 6.09 Å². The van der Waals surface area contributed by atoms with Crippen molar-refractivity contribution < 1.29 is 9.53 Å². The highest BCUT2D eigenvalue weighted by atomic mass is 16.5. The lowest BCUT2D eigenvalue weighted by molar-refractivity contribution is 0.182. The lowest BCUT2D eigenvalue weighted by atomic mass is 10.4. The quantitative estimate of drug-likeness (QED) is 0.589. The molecule has 0 fully saturated rings. The average Bonchev–Trinajstić information content (AvgIpc) is 1.89. The first-order chi connectivity index (χ1) is 4.18. The minimum absolute atomic E-state index is 0.745. The maximum Gasteiger partial charge on any atom is 0.404 e. The Morgan fingerprint density at radius 3 is 1.67 bits per heavy atom. The molecule has 0 radical (unpaired) electrons. The van der Waals surface area contributed by atoms with Gasteiger partial charge in [-0.15, -0.1) is 0 Å². The number of amides is 1. The SMILES string of the molecule is CCCC.COC(N)=O. The molecule has 0 spiro atoms. The Labute approximate surface area is 56.2 Å². The molecule has 0 saturated carbocycles. The summed E-state index contributed by atoms with van der Waals surface area (Å²) in [4.78, 5) is 9.37. The smallest absolute Gasteiger partial charge is 0.404 e. The molecule has 0 bridgehead atoms. The number of methoxy groups -OCH3 is 1. The van der Waals surface area contributed by atoms with E-state index in [0.717, 1.165) is 0 Å². The molecule has 0 heterocycles. The first kappa shape index (κ1) is 11.1. The molecule has 3 nitrogen and oxygen atoms in total. The van der Waals surface area contributed by atoms with Crippen LogP contribution in [0.2, 0.25) is 0 Å². The third kappa shape index (κ3) is 39.2. The van der Waals surface area contributed by atoms with Gasteiger partial charge >= 0.3 is 6.09 Å². The van der Waals surface area contributed by atoms with Gasteiger partial charge in [-0.3, -0.25) is 0 Å². The Morgan fingerprint density at radius 1 is 1.44 bits per heavy atom. The molecule has 2 N–H and O–H groups in total. The number of primary amides is 1. The van der Waals surface area contributed by atoms with Crippen molar-refractivity contribution in [3.8, 4) is 0 Å². The summed E-state index contributed by atoms with van der Waals surface area (Å²) in [5.41, 5.74) is 4.43. The van der Waals surface area contributed by atoms with Crippen LogP contribution in [0.25, 0.3) is 0 Å². The third-order valence-corrected chi connectivity index (χ3v) is 0.701. The van der Waals surface area contributed by atoms with Crippen LogP contribution in [0.1, 0.15) is 26.7 Å². The number of carbonyl (C=O) groups is 1. The zero-order valence-electron chi connectivity index (χ0n) is 6.31. The van der Waals surface area contributed by atoms with Gasteiger partial charge in [0, 0.05) is 0 Å². The van der Waals surface area contributed by atoms with E-state index in [1.165, 1.54) is 20.0 Å². The van der Waals surface area contributed by atoms with Crippen LogP contribution < -0.4 is 5.73 Å². The largest absolute Gasteiger partial charge is 0.453 e. The van der Waals surface area contributed by atoms with E-state index in [4.69, 9.17) is 0 Å². The Hall–Kier alpha value is -0.730. The minimum Gasteiger partial charge on any atom is -0.453 e. The second kappa shape index (κ2) is 10.3. The minimum atomic E-state index is -0.745. The molecule has 0 aliphatic heterocycles. The highest BCUT2D eigenvalue weighted by Gasteiger charge is 1.76. The predicted molar refractivity (Wildman–Crippen MR) is 37.2 cm³/mol. The molecule has 0 saturated heterocycles. The molecule has 0 aromatic rings. The summed E-state index contributed by atoms with van der Waals surface area (Å²) in [6.07, 6.45) is 1.89. The van der Waals surface area contributed by atoms with Crippen LogP contribution >= 0.6 is 0 Å². The molecular weight excluding hydrogens is 118 g/mol. The lowest BCUT2D eigenvalue weighted by Gasteiger charge is -1.81. The van der Waals surface area contributed by atoms with Gasteiger partial charge < -0.3 is 10.5 Å².